The van der Waals surface area contributed by atoms with E-state index in [1.807, 2.05) is 0 Å². The Balaban J connectivity index is 2.22. The van der Waals surface area contributed by atoms with E-state index in [1.54, 1.807) is 0 Å². The molecule has 1 unspecified atom stereocenters. The third kappa shape index (κ3) is 4.53. The van der Waals surface area contributed by atoms with Crippen molar-refractivity contribution in [3.63, 3.8) is 0 Å². The Bertz CT molecular complexity index is 546. The number of carbonyl (C=O) groups is 2. The lowest BCUT2D eigenvalue weighted by Crippen LogP contribution is -2.67. The highest BCUT2D eigenvalue weighted by molar-refractivity contribution is 5.73. The van der Waals surface area contributed by atoms with Gasteiger partial charge < -0.3 is 55.3 Å². The van der Waals surface area contributed by atoms with Gasteiger partial charge >= 0.3 is 5.97 Å². The number of carbonyl (C=O) groups excluding carboxylic acids is 1. The lowest BCUT2D eigenvalue weighted by Gasteiger charge is -2.45. The van der Waals surface area contributed by atoms with Gasteiger partial charge in [-0.25, -0.2) is 4.79 Å². The number of nitrogens with one attached hydrogen (secondary N) is 1. The average Bonchev–Trinajstić information content (AvgIpc) is 2.60. The molecular weight excluding hydrogens is 374 g/mol. The van der Waals surface area contributed by atoms with Crippen molar-refractivity contribution in [1.29, 1.82) is 0 Å². The standard InChI is InChI=1S/C14H23NO12/c1-3(17)15-5-7(19)6(18)4(2-16)25-13(5)27-14-10(22)8(20)9(21)11(26-14)12(23)24/h4-11,13-14,16,18-22H,2H2,1H3,(H,15,17)(H,23,24)/t4-,5-,6-,7-,8+,9+,10-,11+,13?,14-/m1/s1. The van der Waals surface area contributed by atoms with Crippen molar-refractivity contribution in [2.24, 2.45) is 0 Å². The van der Waals surface area contributed by atoms with Crippen molar-refractivity contribution in [3.05, 3.63) is 0 Å². The maximum absolute atomic E-state index is 11.4. The summed E-state index contributed by atoms with van der Waals surface area (Å²) in [4.78, 5) is 22.5. The molecular formula is C14H23NO12. The van der Waals surface area contributed by atoms with Crippen molar-refractivity contribution in [2.45, 2.75) is 68.3 Å². The predicted molar refractivity (Wildman–Crippen MR) is 80.8 cm³/mol. The van der Waals surface area contributed by atoms with E-state index in [-0.39, 0.29) is 0 Å². The Kier molecular flexibility index (Phi) is 7.07. The van der Waals surface area contributed by atoms with Gasteiger partial charge in [0.2, 0.25) is 5.91 Å². The van der Waals surface area contributed by atoms with Crippen molar-refractivity contribution >= 4 is 11.9 Å². The van der Waals surface area contributed by atoms with Crippen molar-refractivity contribution in [2.75, 3.05) is 6.61 Å². The molecule has 0 aromatic rings. The largest absolute Gasteiger partial charge is 0.479 e. The monoisotopic (exact) mass is 397 g/mol. The first-order chi connectivity index (χ1) is 12.6. The lowest BCUT2D eigenvalue weighted by atomic mass is 9.96. The molecule has 156 valence electrons. The number of carboxylic acids is 1. The fourth-order valence-corrected chi connectivity index (χ4v) is 2.88. The van der Waals surface area contributed by atoms with E-state index in [1.165, 1.54) is 0 Å². The van der Waals surface area contributed by atoms with Crippen LogP contribution in [0.15, 0.2) is 0 Å². The summed E-state index contributed by atoms with van der Waals surface area (Å²) in [5.74, 6) is -2.26. The highest BCUT2D eigenvalue weighted by atomic mass is 16.8. The first-order valence-corrected chi connectivity index (χ1v) is 8.06. The molecule has 2 heterocycles. The first kappa shape index (κ1) is 21.9. The minimum atomic E-state index is -1.94. The van der Waals surface area contributed by atoms with Gasteiger partial charge in [0.1, 0.15) is 42.7 Å². The number of rotatable bonds is 5. The molecule has 0 saturated carbocycles. The fraction of sp³-hybridized carbons (Fsp3) is 0.857. The summed E-state index contributed by atoms with van der Waals surface area (Å²) in [7, 11) is 0. The van der Waals surface area contributed by atoms with Crippen LogP contribution in [0.4, 0.5) is 0 Å². The van der Waals surface area contributed by atoms with Crippen LogP contribution in [0.1, 0.15) is 6.92 Å². The van der Waals surface area contributed by atoms with Gasteiger partial charge in [0.25, 0.3) is 0 Å². The minimum absolute atomic E-state index is 0.630. The molecule has 0 spiro atoms. The zero-order valence-corrected chi connectivity index (χ0v) is 14.2. The molecule has 2 fully saturated rings. The van der Waals surface area contributed by atoms with E-state index >= 15 is 0 Å². The molecule has 2 rings (SSSR count). The number of aliphatic carboxylic acids is 1. The zero-order valence-electron chi connectivity index (χ0n) is 14.2. The van der Waals surface area contributed by atoms with Crippen LogP contribution < -0.4 is 5.32 Å². The highest BCUT2D eigenvalue weighted by Gasteiger charge is 2.51. The summed E-state index contributed by atoms with van der Waals surface area (Å²) in [5, 5.41) is 70.1. The summed E-state index contributed by atoms with van der Waals surface area (Å²) >= 11 is 0. The number of aliphatic hydroxyl groups is 6. The summed E-state index contributed by atoms with van der Waals surface area (Å²) in [6.45, 7) is 0.388. The third-order valence-corrected chi connectivity index (χ3v) is 4.33. The predicted octanol–water partition coefficient (Wildman–Crippen LogP) is -5.16. The summed E-state index contributed by atoms with van der Waals surface area (Å²) in [6.07, 6.45) is -15.7. The van der Waals surface area contributed by atoms with Crippen LogP contribution >= 0.6 is 0 Å². The van der Waals surface area contributed by atoms with Gasteiger partial charge in [0.05, 0.1) is 6.61 Å². The number of aliphatic hydroxyl groups excluding tert-OH is 6. The molecule has 10 atom stereocenters. The summed E-state index contributed by atoms with van der Waals surface area (Å²) < 4.78 is 15.5. The number of amides is 1. The van der Waals surface area contributed by atoms with Gasteiger partial charge in [-0.15, -0.1) is 0 Å². The van der Waals surface area contributed by atoms with E-state index < -0.39 is 79.8 Å². The van der Waals surface area contributed by atoms with Gasteiger partial charge in [-0.2, -0.15) is 0 Å². The molecule has 2 saturated heterocycles. The molecule has 8 N–H and O–H groups in total. The third-order valence-electron chi connectivity index (χ3n) is 4.33. The molecule has 0 aromatic heterocycles. The quantitative estimate of drug-likeness (QED) is 0.218. The van der Waals surface area contributed by atoms with Gasteiger partial charge in [0.15, 0.2) is 18.7 Å². The van der Waals surface area contributed by atoms with Gasteiger partial charge in [-0.1, -0.05) is 0 Å². The van der Waals surface area contributed by atoms with Crippen molar-refractivity contribution < 1.29 is 59.5 Å². The average molecular weight is 397 g/mol. The SMILES string of the molecule is CC(=O)N[C@H]1C(O[C@H]2O[C@H](C(=O)O)[C@@H](O)[C@H](O)[C@H]2O)O[C@H](CO)[C@@H](O)[C@@H]1O. The van der Waals surface area contributed by atoms with Crippen LogP contribution in [0.5, 0.6) is 0 Å². The minimum Gasteiger partial charge on any atom is -0.479 e. The normalized spacial score (nSPS) is 45.3. The first-order valence-electron chi connectivity index (χ1n) is 8.06. The maximum atomic E-state index is 11.4. The molecule has 2 aliphatic rings. The smallest absolute Gasteiger partial charge is 0.335 e. The van der Waals surface area contributed by atoms with E-state index in [2.05, 4.69) is 5.32 Å². The lowest BCUT2D eigenvalue weighted by molar-refractivity contribution is -0.358. The molecule has 2 aliphatic heterocycles. The Labute approximate surface area is 152 Å². The second-order valence-corrected chi connectivity index (χ2v) is 6.30. The summed E-state index contributed by atoms with van der Waals surface area (Å²) in [5.41, 5.74) is 0. The number of hydrogen-bond acceptors (Lipinski definition) is 11. The highest BCUT2D eigenvalue weighted by Crippen LogP contribution is 2.28. The van der Waals surface area contributed by atoms with Crippen LogP contribution in [0.25, 0.3) is 0 Å². The Morgan fingerprint density at radius 1 is 0.926 bits per heavy atom. The van der Waals surface area contributed by atoms with Crippen LogP contribution in [0, 0.1) is 0 Å². The van der Waals surface area contributed by atoms with E-state index in [4.69, 9.17) is 19.3 Å². The van der Waals surface area contributed by atoms with Crippen LogP contribution in [-0.2, 0) is 23.8 Å². The van der Waals surface area contributed by atoms with Gasteiger partial charge in [0, 0.05) is 6.92 Å². The molecule has 0 aromatic carbocycles. The molecule has 0 bridgehead atoms. The van der Waals surface area contributed by atoms with E-state index in [0.29, 0.717) is 0 Å². The van der Waals surface area contributed by atoms with Crippen LogP contribution in [0.3, 0.4) is 0 Å². The van der Waals surface area contributed by atoms with E-state index in [0.717, 1.165) is 6.92 Å². The molecule has 13 nitrogen and oxygen atoms in total. The van der Waals surface area contributed by atoms with Gasteiger partial charge in [-0.05, 0) is 0 Å². The summed E-state index contributed by atoms with van der Waals surface area (Å²) in [6, 6.07) is -1.37. The molecule has 27 heavy (non-hydrogen) atoms. The van der Waals surface area contributed by atoms with Gasteiger partial charge in [-0.3, -0.25) is 4.79 Å². The van der Waals surface area contributed by atoms with Crippen LogP contribution in [-0.4, -0.2) is 116 Å². The molecule has 0 aliphatic carbocycles. The maximum Gasteiger partial charge on any atom is 0.335 e. The van der Waals surface area contributed by atoms with Crippen molar-refractivity contribution in [3.8, 4) is 0 Å². The van der Waals surface area contributed by atoms with Crippen molar-refractivity contribution in [1.82, 2.24) is 5.32 Å². The van der Waals surface area contributed by atoms with E-state index in [9.17, 15) is 40.2 Å². The number of hydrogen-bond donors (Lipinski definition) is 8. The Hall–Kier alpha value is -1.42. The number of ether oxygens (including phenoxy) is 3. The van der Waals surface area contributed by atoms with Crippen LogP contribution in [0.2, 0.25) is 0 Å². The second-order valence-electron chi connectivity index (χ2n) is 6.30. The second kappa shape index (κ2) is 8.72. The molecule has 13 heteroatoms. The molecule has 1 amide bonds. The topological polar surface area (TPSA) is 215 Å². The Morgan fingerprint density at radius 3 is 2.07 bits per heavy atom. The zero-order chi connectivity index (χ0) is 20.5. The molecule has 0 radical (unpaired) electrons. The fourth-order valence-electron chi connectivity index (χ4n) is 2.88. The Morgan fingerprint density at radius 2 is 1.56 bits per heavy atom. The number of carboxylic acid groups (broad SMARTS) is 1.